The van der Waals surface area contributed by atoms with Crippen LogP contribution in [0.5, 0.6) is 5.88 Å². The maximum Gasteiger partial charge on any atom is 0.417 e. The SMILES string of the molecule is CC.CC.CCC(C)Oc1nc(-c2cc(N)c(F)c(C)c2C(F)(F)F)c(F)c2nc(SC)nc(NCCNC)c12. The summed E-state index contributed by atoms with van der Waals surface area (Å²) in [5, 5.41) is 6.32. The van der Waals surface area contributed by atoms with Gasteiger partial charge in [-0.15, -0.1) is 0 Å². The lowest BCUT2D eigenvalue weighted by Gasteiger charge is -2.21. The molecule has 0 radical (unpaired) electrons. The van der Waals surface area contributed by atoms with Gasteiger partial charge < -0.3 is 21.1 Å². The Kier molecular flexibility index (Phi) is 13.8. The minimum Gasteiger partial charge on any atom is -0.474 e. The minimum absolute atomic E-state index is 0.0887. The van der Waals surface area contributed by atoms with Crippen LogP contribution in [0.4, 0.5) is 33.5 Å². The van der Waals surface area contributed by atoms with Gasteiger partial charge in [-0.1, -0.05) is 46.4 Å². The summed E-state index contributed by atoms with van der Waals surface area (Å²) in [4.78, 5) is 12.8. The van der Waals surface area contributed by atoms with Crippen molar-refractivity contribution in [1.29, 1.82) is 0 Å². The number of alkyl halides is 3. The van der Waals surface area contributed by atoms with E-state index in [1.807, 2.05) is 34.6 Å². The number of nitrogen functional groups attached to an aromatic ring is 1. The number of hydrogen-bond donors (Lipinski definition) is 3. The molecule has 0 spiro atoms. The number of nitrogens with two attached hydrogens (primary N) is 1. The van der Waals surface area contributed by atoms with Gasteiger partial charge in [0.25, 0.3) is 0 Å². The Labute approximate surface area is 236 Å². The van der Waals surface area contributed by atoms with Gasteiger partial charge in [-0.3, -0.25) is 0 Å². The van der Waals surface area contributed by atoms with Crippen LogP contribution in [0.3, 0.4) is 0 Å². The van der Waals surface area contributed by atoms with Crippen LogP contribution in [-0.4, -0.2) is 47.4 Å². The number of thioether (sulfide) groups is 1. The first-order chi connectivity index (χ1) is 18.9. The van der Waals surface area contributed by atoms with Crippen molar-refractivity contribution in [3.05, 3.63) is 28.8 Å². The van der Waals surface area contributed by atoms with E-state index in [0.29, 0.717) is 19.5 Å². The van der Waals surface area contributed by atoms with Gasteiger partial charge in [0.05, 0.1) is 17.4 Å². The zero-order valence-corrected chi connectivity index (χ0v) is 25.2. The van der Waals surface area contributed by atoms with Crippen molar-refractivity contribution < 1.29 is 26.7 Å². The van der Waals surface area contributed by atoms with E-state index in [1.165, 1.54) is 0 Å². The Hall–Kier alpha value is -2.93. The molecule has 40 heavy (non-hydrogen) atoms. The highest BCUT2D eigenvalue weighted by molar-refractivity contribution is 7.98. The van der Waals surface area contributed by atoms with Gasteiger partial charge >= 0.3 is 6.18 Å². The Morgan fingerprint density at radius 2 is 1.68 bits per heavy atom. The fraction of sp³-hybridized carbons (Fsp3) is 0.519. The summed E-state index contributed by atoms with van der Waals surface area (Å²) in [6, 6.07) is 0.734. The molecule has 0 bridgehead atoms. The number of ether oxygens (including phenoxy) is 1. The molecular weight excluding hydrogens is 551 g/mol. The molecule has 0 aliphatic carbocycles. The molecule has 0 saturated heterocycles. The molecule has 13 heteroatoms. The monoisotopic (exact) mass is 590 g/mol. The highest BCUT2D eigenvalue weighted by atomic mass is 32.2. The summed E-state index contributed by atoms with van der Waals surface area (Å²) in [7, 11) is 1.76. The summed E-state index contributed by atoms with van der Waals surface area (Å²) in [5.41, 5.74) is 1.26. The van der Waals surface area contributed by atoms with E-state index in [9.17, 15) is 17.6 Å². The van der Waals surface area contributed by atoms with Crippen molar-refractivity contribution >= 4 is 34.2 Å². The Bertz CT molecular complexity index is 1270. The van der Waals surface area contributed by atoms with Crippen LogP contribution in [-0.2, 0) is 6.18 Å². The predicted molar refractivity (Wildman–Crippen MR) is 154 cm³/mol. The van der Waals surface area contributed by atoms with Gasteiger partial charge in [-0.2, -0.15) is 13.2 Å². The number of anilines is 2. The fourth-order valence-electron chi connectivity index (χ4n) is 3.55. The number of likely N-dealkylation sites (N-methyl/N-ethyl adjacent to an activating group) is 1. The molecular formula is C27H39F5N6OS. The number of nitrogens with zero attached hydrogens (tertiary/aromatic N) is 3. The van der Waals surface area contributed by atoms with Gasteiger partial charge in [0, 0.05) is 18.7 Å². The topological polar surface area (TPSA) is 98.0 Å². The molecule has 4 N–H and O–H groups in total. The van der Waals surface area contributed by atoms with Crippen molar-refractivity contribution in [2.45, 2.75) is 72.3 Å². The van der Waals surface area contributed by atoms with Crippen molar-refractivity contribution in [3.8, 4) is 17.1 Å². The maximum atomic E-state index is 16.0. The molecule has 3 aromatic rings. The second kappa shape index (κ2) is 15.8. The lowest BCUT2D eigenvalue weighted by molar-refractivity contribution is -0.137. The first-order valence-electron chi connectivity index (χ1n) is 13.1. The first-order valence-corrected chi connectivity index (χ1v) is 14.3. The lowest BCUT2D eigenvalue weighted by Crippen LogP contribution is -2.19. The zero-order chi connectivity index (χ0) is 30.8. The molecule has 2 aromatic heterocycles. The van der Waals surface area contributed by atoms with Crippen LogP contribution in [0.15, 0.2) is 11.2 Å². The number of aromatic nitrogens is 3. The Balaban J connectivity index is 0.00000191. The smallest absolute Gasteiger partial charge is 0.417 e. The van der Waals surface area contributed by atoms with Crippen LogP contribution in [0, 0.1) is 18.6 Å². The number of fused-ring (bicyclic) bond motifs is 1. The Morgan fingerprint density at radius 3 is 2.20 bits per heavy atom. The first kappa shape index (κ1) is 35.1. The molecule has 1 aromatic carbocycles. The molecule has 0 fully saturated rings. The predicted octanol–water partition coefficient (Wildman–Crippen LogP) is 7.46. The Morgan fingerprint density at radius 1 is 1.05 bits per heavy atom. The van der Waals surface area contributed by atoms with Crippen LogP contribution in [0.1, 0.15) is 59.1 Å². The van der Waals surface area contributed by atoms with E-state index in [-0.39, 0.29) is 27.8 Å². The second-order valence-electron chi connectivity index (χ2n) is 8.05. The molecule has 0 aliphatic rings. The van der Waals surface area contributed by atoms with E-state index >= 15 is 4.39 Å². The lowest BCUT2D eigenvalue weighted by atomic mass is 9.96. The standard InChI is InChI=1S/C23H27F5N6OS.2C2H6/c1-6-10(2)35-21-14-19(33-22(36-5)34-20(14)31-8-7-30-4)17(25)18(32-21)12-9-13(29)16(24)11(3)15(12)23(26,27)28;2*1-2/h9-10,30H,6-8,29H2,1-5H3,(H,31,33,34);2*1-2H3. The van der Waals surface area contributed by atoms with E-state index in [0.717, 1.165) is 24.8 Å². The van der Waals surface area contributed by atoms with Crippen molar-refractivity contribution in [1.82, 2.24) is 20.3 Å². The van der Waals surface area contributed by atoms with Crippen LogP contribution >= 0.6 is 11.8 Å². The number of rotatable bonds is 9. The van der Waals surface area contributed by atoms with E-state index < -0.39 is 52.0 Å². The van der Waals surface area contributed by atoms with Crippen molar-refractivity contribution in [3.63, 3.8) is 0 Å². The molecule has 0 aliphatic heterocycles. The van der Waals surface area contributed by atoms with Crippen molar-refractivity contribution in [2.24, 2.45) is 0 Å². The third-order valence-corrected chi connectivity index (χ3v) is 6.08. The summed E-state index contributed by atoms with van der Waals surface area (Å²) < 4.78 is 78.4. The quantitative estimate of drug-likeness (QED) is 0.0777. The maximum absolute atomic E-state index is 16.0. The average Bonchev–Trinajstić information content (AvgIpc) is 2.94. The third-order valence-electron chi connectivity index (χ3n) is 5.53. The second-order valence-corrected chi connectivity index (χ2v) is 8.83. The minimum atomic E-state index is -5.01. The van der Waals surface area contributed by atoms with Crippen LogP contribution in [0.2, 0.25) is 0 Å². The normalized spacial score (nSPS) is 11.8. The van der Waals surface area contributed by atoms with E-state index in [1.54, 1.807) is 20.2 Å². The van der Waals surface area contributed by atoms with Gasteiger partial charge in [-0.05, 0) is 45.2 Å². The molecule has 7 nitrogen and oxygen atoms in total. The van der Waals surface area contributed by atoms with Crippen molar-refractivity contribution in [2.75, 3.05) is 37.4 Å². The van der Waals surface area contributed by atoms with Gasteiger partial charge in [0.1, 0.15) is 28.2 Å². The highest BCUT2D eigenvalue weighted by Crippen LogP contribution is 2.44. The third kappa shape index (κ3) is 7.84. The van der Waals surface area contributed by atoms with E-state index in [2.05, 4.69) is 25.6 Å². The van der Waals surface area contributed by atoms with Crippen LogP contribution in [0.25, 0.3) is 22.2 Å². The highest BCUT2D eigenvalue weighted by Gasteiger charge is 2.39. The summed E-state index contributed by atoms with van der Waals surface area (Å²) in [5.74, 6) is -2.29. The van der Waals surface area contributed by atoms with Crippen LogP contribution < -0.4 is 21.1 Å². The molecule has 0 saturated carbocycles. The molecule has 0 amide bonds. The average molecular weight is 591 g/mol. The summed E-state index contributed by atoms with van der Waals surface area (Å²) >= 11 is 1.13. The van der Waals surface area contributed by atoms with E-state index in [4.69, 9.17) is 10.5 Å². The summed E-state index contributed by atoms with van der Waals surface area (Å²) in [6.07, 6.45) is -3.20. The molecule has 1 unspecified atom stereocenters. The molecule has 3 rings (SSSR count). The molecule has 1 atom stereocenters. The number of pyridine rings is 1. The van der Waals surface area contributed by atoms with Gasteiger partial charge in [-0.25, -0.2) is 23.7 Å². The molecule has 2 heterocycles. The number of benzene rings is 1. The number of nitrogens with one attached hydrogen (secondary N) is 2. The molecule has 224 valence electrons. The van der Waals surface area contributed by atoms with Gasteiger partial charge in [0.15, 0.2) is 11.0 Å². The fourth-order valence-corrected chi connectivity index (χ4v) is 3.92. The number of halogens is 5. The van der Waals surface area contributed by atoms with Gasteiger partial charge in [0.2, 0.25) is 5.88 Å². The zero-order valence-electron chi connectivity index (χ0n) is 24.4. The largest absolute Gasteiger partial charge is 0.474 e. The summed E-state index contributed by atoms with van der Waals surface area (Å²) in [6.45, 7) is 13.5. The number of hydrogen-bond acceptors (Lipinski definition) is 8.